The van der Waals surface area contributed by atoms with Crippen LogP contribution in [0.2, 0.25) is 0 Å². The number of hydrogen-bond donors (Lipinski definition) is 4. The lowest BCUT2D eigenvalue weighted by Crippen LogP contribution is -2.49. The molecule has 0 aliphatic carbocycles. The summed E-state index contributed by atoms with van der Waals surface area (Å²) < 4.78 is 0. The Morgan fingerprint density at radius 2 is 1.83 bits per heavy atom. The fourth-order valence-electron chi connectivity index (χ4n) is 2.97. The lowest BCUT2D eigenvalue weighted by molar-refractivity contribution is -0.123. The first-order valence-electron chi connectivity index (χ1n) is 8.23. The zero-order valence-corrected chi connectivity index (χ0v) is 13.5. The van der Waals surface area contributed by atoms with Crippen molar-refractivity contribution in [3.05, 3.63) is 60.2 Å². The molecule has 5 nitrogen and oxygen atoms in total. The molecule has 1 amide bonds. The Morgan fingerprint density at radius 3 is 2.46 bits per heavy atom. The minimum Gasteiger partial charge on any atom is -0.392 e. The number of nitrogens with two attached hydrogens (primary N) is 1. The summed E-state index contributed by atoms with van der Waals surface area (Å²) in [7, 11) is 0. The summed E-state index contributed by atoms with van der Waals surface area (Å²) in [6.07, 6.45) is 0.0996. The SMILES string of the molecule is N[C@H](Cc1ccc(-c2ccccc2)cc1)NC(=O)[C@@H]1C[C@@H](O)CN1. The van der Waals surface area contributed by atoms with Gasteiger partial charge in [-0.25, -0.2) is 0 Å². The molecule has 1 aliphatic heterocycles. The van der Waals surface area contributed by atoms with Crippen molar-refractivity contribution in [3.63, 3.8) is 0 Å². The van der Waals surface area contributed by atoms with E-state index in [-0.39, 0.29) is 11.9 Å². The molecular weight excluding hydrogens is 302 g/mol. The average Bonchev–Trinajstić information content (AvgIpc) is 3.03. The maximum atomic E-state index is 12.1. The van der Waals surface area contributed by atoms with Crippen LogP contribution in [0.4, 0.5) is 0 Å². The van der Waals surface area contributed by atoms with Crippen molar-refractivity contribution < 1.29 is 9.90 Å². The van der Waals surface area contributed by atoms with Crippen LogP contribution in [0.1, 0.15) is 12.0 Å². The number of carbonyl (C=O) groups excluding carboxylic acids is 1. The Morgan fingerprint density at radius 1 is 1.17 bits per heavy atom. The highest BCUT2D eigenvalue weighted by Gasteiger charge is 2.28. The summed E-state index contributed by atoms with van der Waals surface area (Å²) >= 11 is 0. The van der Waals surface area contributed by atoms with Crippen molar-refractivity contribution in [1.29, 1.82) is 0 Å². The molecule has 0 bridgehead atoms. The molecule has 0 radical (unpaired) electrons. The summed E-state index contributed by atoms with van der Waals surface area (Å²) in [4.78, 5) is 12.1. The second-order valence-electron chi connectivity index (χ2n) is 6.23. The van der Waals surface area contributed by atoms with Gasteiger partial charge in [-0.15, -0.1) is 0 Å². The molecule has 0 aromatic heterocycles. The van der Waals surface area contributed by atoms with Gasteiger partial charge in [0.2, 0.25) is 5.91 Å². The van der Waals surface area contributed by atoms with E-state index in [9.17, 15) is 9.90 Å². The molecule has 2 aromatic carbocycles. The quantitative estimate of drug-likeness (QED) is 0.618. The molecule has 3 rings (SSSR count). The van der Waals surface area contributed by atoms with Crippen molar-refractivity contribution in [3.8, 4) is 11.1 Å². The molecule has 126 valence electrons. The zero-order valence-electron chi connectivity index (χ0n) is 13.5. The van der Waals surface area contributed by atoms with Crippen LogP contribution in [-0.2, 0) is 11.2 Å². The highest BCUT2D eigenvalue weighted by molar-refractivity contribution is 5.82. The summed E-state index contributed by atoms with van der Waals surface area (Å²) in [5.41, 5.74) is 9.43. The topological polar surface area (TPSA) is 87.4 Å². The second-order valence-corrected chi connectivity index (χ2v) is 6.23. The van der Waals surface area contributed by atoms with Gasteiger partial charge in [-0.1, -0.05) is 54.6 Å². The number of hydrogen-bond acceptors (Lipinski definition) is 4. The van der Waals surface area contributed by atoms with Crippen LogP contribution < -0.4 is 16.4 Å². The maximum Gasteiger partial charge on any atom is 0.238 e. The van der Waals surface area contributed by atoms with Crippen LogP contribution in [0.3, 0.4) is 0 Å². The van der Waals surface area contributed by atoms with Gasteiger partial charge in [0.05, 0.1) is 18.3 Å². The van der Waals surface area contributed by atoms with Gasteiger partial charge in [0.25, 0.3) is 0 Å². The van der Waals surface area contributed by atoms with Gasteiger partial charge in [-0.05, 0) is 23.1 Å². The number of carbonyl (C=O) groups is 1. The van der Waals surface area contributed by atoms with E-state index in [0.29, 0.717) is 19.4 Å². The second kappa shape index (κ2) is 7.57. The van der Waals surface area contributed by atoms with Gasteiger partial charge in [0.1, 0.15) is 0 Å². The van der Waals surface area contributed by atoms with Crippen LogP contribution in [0, 0.1) is 0 Å². The smallest absolute Gasteiger partial charge is 0.238 e. The molecule has 2 aromatic rings. The summed E-state index contributed by atoms with van der Waals surface area (Å²) in [5.74, 6) is -0.153. The predicted molar refractivity (Wildman–Crippen MR) is 94.1 cm³/mol. The molecular formula is C19H23N3O2. The molecule has 1 heterocycles. The van der Waals surface area contributed by atoms with Gasteiger partial charge in [0, 0.05) is 13.0 Å². The third-order valence-corrected chi connectivity index (χ3v) is 4.27. The Hall–Kier alpha value is -2.21. The fourth-order valence-corrected chi connectivity index (χ4v) is 2.97. The van der Waals surface area contributed by atoms with Gasteiger partial charge in [-0.2, -0.15) is 0 Å². The van der Waals surface area contributed by atoms with E-state index in [4.69, 9.17) is 5.73 Å². The molecule has 0 spiro atoms. The molecule has 1 fully saturated rings. The highest BCUT2D eigenvalue weighted by Crippen LogP contribution is 2.19. The Kier molecular flexibility index (Phi) is 5.25. The summed E-state index contributed by atoms with van der Waals surface area (Å²) in [6, 6.07) is 18.0. The number of rotatable bonds is 5. The number of nitrogens with one attached hydrogen (secondary N) is 2. The van der Waals surface area contributed by atoms with Crippen LogP contribution in [0.15, 0.2) is 54.6 Å². The van der Waals surface area contributed by atoms with Gasteiger partial charge in [-0.3, -0.25) is 4.79 Å². The molecule has 3 atom stereocenters. The number of amides is 1. The van der Waals surface area contributed by atoms with Crippen molar-refractivity contribution in [2.75, 3.05) is 6.54 Å². The van der Waals surface area contributed by atoms with Gasteiger partial charge < -0.3 is 21.5 Å². The Labute approximate surface area is 141 Å². The third-order valence-electron chi connectivity index (χ3n) is 4.27. The fraction of sp³-hybridized carbons (Fsp3) is 0.316. The Balaban J connectivity index is 1.55. The number of aliphatic hydroxyl groups excluding tert-OH is 1. The Bertz CT molecular complexity index is 673. The van der Waals surface area contributed by atoms with Crippen molar-refractivity contribution in [2.45, 2.75) is 31.2 Å². The van der Waals surface area contributed by atoms with Crippen molar-refractivity contribution in [2.24, 2.45) is 5.73 Å². The average molecular weight is 325 g/mol. The van der Waals surface area contributed by atoms with E-state index in [1.807, 2.05) is 30.3 Å². The molecule has 1 aliphatic rings. The van der Waals surface area contributed by atoms with E-state index in [1.54, 1.807) is 0 Å². The number of benzene rings is 2. The monoisotopic (exact) mass is 325 g/mol. The van der Waals surface area contributed by atoms with E-state index in [0.717, 1.165) is 11.1 Å². The first kappa shape index (κ1) is 16.6. The molecule has 5 heteroatoms. The van der Waals surface area contributed by atoms with Crippen LogP contribution >= 0.6 is 0 Å². The standard InChI is InChI=1S/C19H23N3O2/c20-18(22-19(24)17-11-16(23)12-21-17)10-13-6-8-15(9-7-13)14-4-2-1-3-5-14/h1-9,16-18,21,23H,10-12,20H2,(H,22,24)/t16-,17+,18+/m1/s1. The summed E-state index contributed by atoms with van der Waals surface area (Å²) in [5, 5.41) is 15.2. The first-order chi connectivity index (χ1) is 11.6. The zero-order chi connectivity index (χ0) is 16.9. The molecule has 5 N–H and O–H groups in total. The van der Waals surface area contributed by atoms with Crippen molar-refractivity contribution in [1.82, 2.24) is 10.6 Å². The molecule has 24 heavy (non-hydrogen) atoms. The van der Waals surface area contributed by atoms with E-state index < -0.39 is 12.3 Å². The summed E-state index contributed by atoms with van der Waals surface area (Å²) in [6.45, 7) is 0.453. The highest BCUT2D eigenvalue weighted by atomic mass is 16.3. The minimum absolute atomic E-state index is 0.153. The minimum atomic E-state index is -0.456. The largest absolute Gasteiger partial charge is 0.392 e. The lowest BCUT2D eigenvalue weighted by Gasteiger charge is -2.17. The molecule has 0 saturated carbocycles. The van der Waals surface area contributed by atoms with Crippen molar-refractivity contribution >= 4 is 5.91 Å². The maximum absolute atomic E-state index is 12.1. The van der Waals surface area contributed by atoms with Gasteiger partial charge >= 0.3 is 0 Å². The van der Waals surface area contributed by atoms with Crippen LogP contribution in [0.5, 0.6) is 0 Å². The van der Waals surface area contributed by atoms with E-state index in [2.05, 4.69) is 34.9 Å². The first-order valence-corrected chi connectivity index (χ1v) is 8.23. The lowest BCUT2D eigenvalue weighted by atomic mass is 10.0. The molecule has 0 unspecified atom stereocenters. The predicted octanol–water partition coefficient (Wildman–Crippen LogP) is 1.02. The normalized spacial score (nSPS) is 21.4. The molecule has 1 saturated heterocycles. The van der Waals surface area contributed by atoms with Crippen LogP contribution in [0.25, 0.3) is 11.1 Å². The number of β-amino-alcohol motifs (C(OH)–C–C–N with tert-alkyl or cyclic N) is 1. The van der Waals surface area contributed by atoms with E-state index in [1.165, 1.54) is 5.56 Å². The van der Waals surface area contributed by atoms with Crippen LogP contribution in [-0.4, -0.2) is 35.9 Å². The van der Waals surface area contributed by atoms with Gasteiger partial charge in [0.15, 0.2) is 0 Å². The number of aliphatic hydroxyl groups is 1. The third kappa shape index (κ3) is 4.20. The van der Waals surface area contributed by atoms with E-state index >= 15 is 0 Å².